The number of methoxy groups -OCH3 is 1. The number of hydrogen-bond acceptors (Lipinski definition) is 6. The van der Waals surface area contributed by atoms with Crippen molar-refractivity contribution in [3.8, 4) is 11.5 Å². The lowest BCUT2D eigenvalue weighted by molar-refractivity contribution is -0.139. The lowest BCUT2D eigenvalue weighted by Gasteiger charge is -2.13. The largest absolute Gasteiger partial charge is 0.493 e. The number of halogens is 1. The second kappa shape index (κ2) is 13.1. The van der Waals surface area contributed by atoms with E-state index in [0.717, 1.165) is 16.7 Å². The third-order valence-electron chi connectivity index (χ3n) is 5.09. The predicted octanol–water partition coefficient (Wildman–Crippen LogP) is 3.75. The molecule has 0 unspecified atom stereocenters. The second-order valence-corrected chi connectivity index (χ2v) is 8.51. The number of nitrogens with zero attached hydrogens (tertiary/aromatic N) is 1. The normalized spacial score (nSPS) is 10.6. The molecule has 0 saturated carbocycles. The Balaban J connectivity index is 1.53. The van der Waals surface area contributed by atoms with Crippen LogP contribution >= 0.6 is 11.6 Å². The molecule has 3 amide bonds. The van der Waals surface area contributed by atoms with Gasteiger partial charge in [0.15, 0.2) is 18.1 Å². The molecule has 0 spiro atoms. The van der Waals surface area contributed by atoms with Crippen LogP contribution in [0.4, 0.5) is 5.69 Å². The number of amides is 3. The van der Waals surface area contributed by atoms with E-state index in [1.165, 1.54) is 19.4 Å². The van der Waals surface area contributed by atoms with Crippen LogP contribution in [0.5, 0.6) is 11.5 Å². The summed E-state index contributed by atoms with van der Waals surface area (Å²) >= 11 is 6.33. The first-order chi connectivity index (χ1) is 17.7. The smallest absolute Gasteiger partial charge is 0.329 e. The van der Waals surface area contributed by atoms with E-state index in [1.807, 2.05) is 50.2 Å². The zero-order chi connectivity index (χ0) is 26.8. The third kappa shape index (κ3) is 8.36. The van der Waals surface area contributed by atoms with Crippen LogP contribution in [-0.4, -0.2) is 37.7 Å². The Morgan fingerprint density at radius 1 is 0.946 bits per heavy atom. The Kier molecular flexibility index (Phi) is 9.62. The number of anilines is 1. The Labute approximate surface area is 219 Å². The lowest BCUT2D eigenvalue weighted by Crippen LogP contribution is -2.37. The Hall–Kier alpha value is -4.37. The lowest BCUT2D eigenvalue weighted by atomic mass is 10.1. The van der Waals surface area contributed by atoms with Gasteiger partial charge < -0.3 is 20.1 Å². The molecule has 9 nitrogen and oxygen atoms in total. The molecule has 3 rings (SSSR count). The maximum atomic E-state index is 12.2. The number of carbonyl (C=O) groups excluding carboxylic acids is 3. The van der Waals surface area contributed by atoms with Gasteiger partial charge in [-0.3, -0.25) is 14.4 Å². The van der Waals surface area contributed by atoms with Gasteiger partial charge in [-0.05, 0) is 49.2 Å². The molecule has 0 heterocycles. The highest BCUT2D eigenvalue weighted by atomic mass is 35.5. The first-order valence-corrected chi connectivity index (χ1v) is 11.7. The van der Waals surface area contributed by atoms with Crippen LogP contribution in [0, 0.1) is 13.8 Å². The Bertz CT molecular complexity index is 1290. The molecule has 0 aliphatic heterocycles. The van der Waals surface area contributed by atoms with Crippen molar-refractivity contribution in [2.75, 3.05) is 19.0 Å². The number of benzene rings is 3. The number of carbonyl (C=O) groups is 3. The van der Waals surface area contributed by atoms with E-state index < -0.39 is 11.8 Å². The molecule has 3 aromatic carbocycles. The molecule has 3 N–H and O–H groups in total. The van der Waals surface area contributed by atoms with Crippen LogP contribution in [0.2, 0.25) is 5.02 Å². The van der Waals surface area contributed by atoms with E-state index in [4.69, 9.17) is 21.1 Å². The van der Waals surface area contributed by atoms with Gasteiger partial charge in [0.25, 0.3) is 5.91 Å². The van der Waals surface area contributed by atoms with Gasteiger partial charge in [0.1, 0.15) is 0 Å². The van der Waals surface area contributed by atoms with Gasteiger partial charge in [-0.1, -0.05) is 59.1 Å². The molecule has 3 aromatic rings. The van der Waals surface area contributed by atoms with Gasteiger partial charge in [-0.2, -0.15) is 5.10 Å². The molecule has 0 aliphatic rings. The molecule has 0 atom stereocenters. The van der Waals surface area contributed by atoms with E-state index in [2.05, 4.69) is 21.2 Å². The topological polar surface area (TPSA) is 118 Å². The van der Waals surface area contributed by atoms with Crippen LogP contribution in [0.15, 0.2) is 65.8 Å². The first-order valence-electron chi connectivity index (χ1n) is 11.3. The van der Waals surface area contributed by atoms with Gasteiger partial charge >= 0.3 is 11.8 Å². The van der Waals surface area contributed by atoms with Crippen LogP contribution in [-0.2, 0) is 20.9 Å². The van der Waals surface area contributed by atoms with E-state index >= 15 is 0 Å². The summed E-state index contributed by atoms with van der Waals surface area (Å²) < 4.78 is 10.9. The zero-order valence-electron chi connectivity index (χ0n) is 20.6. The van der Waals surface area contributed by atoms with Crippen LogP contribution in [0.25, 0.3) is 0 Å². The fraction of sp³-hybridized carbons (Fsp3) is 0.185. The fourth-order valence-corrected chi connectivity index (χ4v) is 3.38. The quantitative estimate of drug-likeness (QED) is 0.225. The zero-order valence-corrected chi connectivity index (χ0v) is 21.4. The number of nitrogens with one attached hydrogen (secondary N) is 3. The fourth-order valence-electron chi connectivity index (χ4n) is 3.11. The van der Waals surface area contributed by atoms with Gasteiger partial charge in [0.05, 0.1) is 18.3 Å². The van der Waals surface area contributed by atoms with Crippen LogP contribution in [0.1, 0.15) is 22.3 Å². The van der Waals surface area contributed by atoms with Crippen molar-refractivity contribution >= 4 is 41.2 Å². The molecule has 192 valence electrons. The number of hydrogen-bond donors (Lipinski definition) is 3. The average Bonchev–Trinajstić information content (AvgIpc) is 2.88. The molecule has 37 heavy (non-hydrogen) atoms. The summed E-state index contributed by atoms with van der Waals surface area (Å²) in [5, 5.41) is 9.23. The summed E-state index contributed by atoms with van der Waals surface area (Å²) in [5.74, 6) is -1.66. The highest BCUT2D eigenvalue weighted by Gasteiger charge is 2.15. The molecule has 0 fully saturated rings. The van der Waals surface area contributed by atoms with Crippen molar-refractivity contribution in [2.45, 2.75) is 20.4 Å². The molecule has 10 heteroatoms. The Morgan fingerprint density at radius 3 is 2.24 bits per heavy atom. The summed E-state index contributed by atoms with van der Waals surface area (Å²) in [6, 6.07) is 18.0. The van der Waals surface area contributed by atoms with Gasteiger partial charge in [0, 0.05) is 12.2 Å². The van der Waals surface area contributed by atoms with Crippen molar-refractivity contribution < 1.29 is 23.9 Å². The predicted molar refractivity (Wildman–Crippen MR) is 142 cm³/mol. The minimum Gasteiger partial charge on any atom is -0.493 e. The second-order valence-electron chi connectivity index (χ2n) is 8.10. The maximum absolute atomic E-state index is 12.2. The van der Waals surface area contributed by atoms with Crippen molar-refractivity contribution in [2.24, 2.45) is 5.10 Å². The highest BCUT2D eigenvalue weighted by molar-refractivity contribution is 6.35. The average molecular weight is 523 g/mol. The third-order valence-corrected chi connectivity index (χ3v) is 5.38. The SMILES string of the molecule is COc1cc(/C=N\NC(=O)C(=O)NCc2ccc(C)cc2)cc(Cl)c1OCC(=O)Nc1ccc(C)cc1. The summed E-state index contributed by atoms with van der Waals surface area (Å²) in [6.07, 6.45) is 1.30. The van der Waals surface area contributed by atoms with Gasteiger partial charge in [-0.15, -0.1) is 0 Å². The number of rotatable bonds is 9. The van der Waals surface area contributed by atoms with Crippen molar-refractivity contribution in [1.82, 2.24) is 10.7 Å². The molecule has 0 aliphatic carbocycles. The molecule has 0 bridgehead atoms. The highest BCUT2D eigenvalue weighted by Crippen LogP contribution is 2.36. The minimum atomic E-state index is -0.916. The van der Waals surface area contributed by atoms with Crippen LogP contribution < -0.4 is 25.5 Å². The maximum Gasteiger partial charge on any atom is 0.329 e. The molecular weight excluding hydrogens is 496 g/mol. The molecule has 0 saturated heterocycles. The first kappa shape index (κ1) is 27.2. The Morgan fingerprint density at radius 2 is 1.59 bits per heavy atom. The monoisotopic (exact) mass is 522 g/mol. The van der Waals surface area contributed by atoms with E-state index in [0.29, 0.717) is 11.3 Å². The van der Waals surface area contributed by atoms with E-state index in [9.17, 15) is 14.4 Å². The van der Waals surface area contributed by atoms with Crippen molar-refractivity contribution in [3.63, 3.8) is 0 Å². The number of ether oxygens (including phenoxy) is 2. The van der Waals surface area contributed by atoms with E-state index in [1.54, 1.807) is 18.2 Å². The van der Waals surface area contributed by atoms with Crippen molar-refractivity contribution in [3.05, 3.63) is 87.9 Å². The standard InChI is InChI=1S/C27H27ClN4O5/c1-17-4-8-19(9-5-17)14-29-26(34)27(35)32-30-15-20-12-22(28)25(23(13-20)36-3)37-16-24(33)31-21-10-6-18(2)7-11-21/h4-13,15H,14,16H2,1-3H3,(H,29,34)(H,31,33)(H,32,35)/b30-15-. The molecule has 0 aromatic heterocycles. The summed E-state index contributed by atoms with van der Waals surface area (Å²) in [4.78, 5) is 36.2. The van der Waals surface area contributed by atoms with Crippen molar-refractivity contribution in [1.29, 1.82) is 0 Å². The summed E-state index contributed by atoms with van der Waals surface area (Å²) in [5.41, 5.74) is 6.33. The molecule has 0 radical (unpaired) electrons. The number of aryl methyl sites for hydroxylation is 2. The van der Waals surface area contributed by atoms with Gasteiger partial charge in [-0.25, -0.2) is 5.43 Å². The molecular formula is C27H27ClN4O5. The minimum absolute atomic E-state index is 0.172. The summed E-state index contributed by atoms with van der Waals surface area (Å²) in [6.45, 7) is 3.85. The van der Waals surface area contributed by atoms with Crippen LogP contribution in [0.3, 0.4) is 0 Å². The number of hydrazone groups is 1. The summed E-state index contributed by atoms with van der Waals surface area (Å²) in [7, 11) is 1.42. The van der Waals surface area contributed by atoms with E-state index in [-0.39, 0.29) is 35.6 Å². The van der Waals surface area contributed by atoms with Gasteiger partial charge in [0.2, 0.25) is 0 Å².